The Kier molecular flexibility index (Phi) is 8.81. The van der Waals surface area contributed by atoms with Gasteiger partial charge in [-0.2, -0.15) is 0 Å². The smallest absolute Gasteiger partial charge is 0.407 e. The highest BCUT2D eigenvalue weighted by atomic mass is 16.6. The van der Waals surface area contributed by atoms with Crippen LogP contribution in [0.25, 0.3) is 0 Å². The lowest BCUT2D eigenvalue weighted by Gasteiger charge is -2.22. The predicted octanol–water partition coefficient (Wildman–Crippen LogP) is 3.46. The summed E-state index contributed by atoms with van der Waals surface area (Å²) in [5, 5.41) is 6.33. The van der Waals surface area contributed by atoms with E-state index in [-0.39, 0.29) is 12.1 Å². The van der Waals surface area contributed by atoms with Gasteiger partial charge in [0.25, 0.3) is 0 Å². The van der Waals surface area contributed by atoms with Crippen LogP contribution in [-0.4, -0.2) is 30.3 Å². The summed E-state index contributed by atoms with van der Waals surface area (Å²) < 4.78 is 5.22. The van der Waals surface area contributed by atoms with Crippen LogP contribution in [0.4, 0.5) is 4.79 Å². The van der Waals surface area contributed by atoms with Crippen LogP contribution in [0.5, 0.6) is 0 Å². The average Bonchev–Trinajstić information content (AvgIpc) is 2.23. The minimum atomic E-state index is -0.434. The topological polar surface area (TPSA) is 50.4 Å². The molecule has 19 heavy (non-hydrogen) atoms. The molecule has 2 unspecified atom stereocenters. The Morgan fingerprint density at radius 3 is 2.32 bits per heavy atom. The van der Waals surface area contributed by atoms with Crippen LogP contribution in [0, 0.1) is 0 Å². The summed E-state index contributed by atoms with van der Waals surface area (Å²) in [4.78, 5) is 11.6. The van der Waals surface area contributed by atoms with Gasteiger partial charge in [0.05, 0.1) is 0 Å². The first-order valence-corrected chi connectivity index (χ1v) is 7.47. The fraction of sp³-hybridized carbons (Fsp3) is 0.933. The SMILES string of the molecule is CCCCC(C)NCCC(C)NC(=O)OC(C)(C)C. The van der Waals surface area contributed by atoms with Crippen molar-refractivity contribution in [2.45, 2.75) is 84.9 Å². The first kappa shape index (κ1) is 18.2. The van der Waals surface area contributed by atoms with Crippen molar-refractivity contribution in [3.8, 4) is 0 Å². The molecule has 0 saturated carbocycles. The van der Waals surface area contributed by atoms with Crippen molar-refractivity contribution < 1.29 is 9.53 Å². The van der Waals surface area contributed by atoms with Crippen LogP contribution < -0.4 is 10.6 Å². The molecule has 0 heterocycles. The second kappa shape index (κ2) is 9.18. The fourth-order valence-corrected chi connectivity index (χ4v) is 1.74. The van der Waals surface area contributed by atoms with Crippen LogP contribution in [0.15, 0.2) is 0 Å². The summed E-state index contributed by atoms with van der Waals surface area (Å²) in [5.74, 6) is 0. The van der Waals surface area contributed by atoms with Crippen LogP contribution in [-0.2, 0) is 4.74 Å². The maximum atomic E-state index is 11.6. The molecule has 1 amide bonds. The number of carbonyl (C=O) groups is 1. The third kappa shape index (κ3) is 12.0. The van der Waals surface area contributed by atoms with Gasteiger partial charge in [-0.05, 0) is 54.0 Å². The molecule has 0 bridgehead atoms. The lowest BCUT2D eigenvalue weighted by Crippen LogP contribution is -2.39. The summed E-state index contributed by atoms with van der Waals surface area (Å²) in [6.07, 6.45) is 4.29. The normalized spacial score (nSPS) is 14.8. The zero-order chi connectivity index (χ0) is 14.9. The molecule has 2 N–H and O–H groups in total. The van der Waals surface area contributed by atoms with Gasteiger partial charge in [-0.15, -0.1) is 0 Å². The second-order valence-electron chi connectivity index (χ2n) is 6.33. The number of carbonyl (C=O) groups excluding carboxylic acids is 1. The zero-order valence-electron chi connectivity index (χ0n) is 13.5. The maximum Gasteiger partial charge on any atom is 0.407 e. The van der Waals surface area contributed by atoms with E-state index in [9.17, 15) is 4.79 Å². The highest BCUT2D eigenvalue weighted by Crippen LogP contribution is 2.07. The van der Waals surface area contributed by atoms with E-state index < -0.39 is 5.60 Å². The number of rotatable bonds is 8. The van der Waals surface area contributed by atoms with Crippen molar-refractivity contribution in [1.82, 2.24) is 10.6 Å². The average molecular weight is 272 g/mol. The molecule has 0 radical (unpaired) electrons. The molecule has 4 nitrogen and oxygen atoms in total. The Morgan fingerprint density at radius 2 is 1.79 bits per heavy atom. The van der Waals surface area contributed by atoms with Crippen LogP contribution in [0.3, 0.4) is 0 Å². The molecule has 0 aliphatic heterocycles. The van der Waals surface area contributed by atoms with Crippen molar-refractivity contribution in [1.29, 1.82) is 0 Å². The van der Waals surface area contributed by atoms with Crippen molar-refractivity contribution in [3.05, 3.63) is 0 Å². The van der Waals surface area contributed by atoms with Crippen molar-refractivity contribution >= 4 is 6.09 Å². The monoisotopic (exact) mass is 272 g/mol. The van der Waals surface area contributed by atoms with Gasteiger partial charge < -0.3 is 15.4 Å². The van der Waals surface area contributed by atoms with Gasteiger partial charge in [0.2, 0.25) is 0 Å². The minimum absolute atomic E-state index is 0.126. The first-order valence-electron chi connectivity index (χ1n) is 7.47. The maximum absolute atomic E-state index is 11.6. The van der Waals surface area contributed by atoms with E-state index in [0.717, 1.165) is 13.0 Å². The van der Waals surface area contributed by atoms with E-state index in [1.54, 1.807) is 0 Å². The summed E-state index contributed by atoms with van der Waals surface area (Å²) in [5.41, 5.74) is -0.434. The number of amides is 1. The molecular weight excluding hydrogens is 240 g/mol. The van der Waals surface area contributed by atoms with Crippen molar-refractivity contribution in [2.75, 3.05) is 6.54 Å². The van der Waals surface area contributed by atoms with E-state index in [0.29, 0.717) is 6.04 Å². The third-order valence-corrected chi connectivity index (χ3v) is 2.82. The van der Waals surface area contributed by atoms with Gasteiger partial charge in [0.1, 0.15) is 5.60 Å². The molecule has 0 aromatic heterocycles. The summed E-state index contributed by atoms with van der Waals surface area (Å²) in [7, 11) is 0. The van der Waals surface area contributed by atoms with E-state index in [2.05, 4.69) is 24.5 Å². The van der Waals surface area contributed by atoms with Gasteiger partial charge in [-0.1, -0.05) is 19.8 Å². The molecule has 2 atom stereocenters. The Hall–Kier alpha value is -0.770. The quantitative estimate of drug-likeness (QED) is 0.711. The Bertz CT molecular complexity index is 249. The van der Waals surface area contributed by atoms with E-state index in [1.165, 1.54) is 19.3 Å². The van der Waals surface area contributed by atoms with Crippen LogP contribution in [0.1, 0.15) is 67.2 Å². The highest BCUT2D eigenvalue weighted by Gasteiger charge is 2.17. The van der Waals surface area contributed by atoms with Crippen LogP contribution >= 0.6 is 0 Å². The number of ether oxygens (including phenoxy) is 1. The second-order valence-corrected chi connectivity index (χ2v) is 6.33. The van der Waals surface area contributed by atoms with Crippen molar-refractivity contribution in [2.24, 2.45) is 0 Å². The van der Waals surface area contributed by atoms with Gasteiger partial charge in [0, 0.05) is 12.1 Å². The fourth-order valence-electron chi connectivity index (χ4n) is 1.74. The van der Waals surface area contributed by atoms with E-state index in [4.69, 9.17) is 4.74 Å². The first-order chi connectivity index (χ1) is 8.74. The number of hydrogen-bond donors (Lipinski definition) is 2. The van der Waals surface area contributed by atoms with Crippen LogP contribution in [0.2, 0.25) is 0 Å². The molecule has 0 saturated heterocycles. The number of alkyl carbamates (subject to hydrolysis) is 1. The number of hydrogen-bond acceptors (Lipinski definition) is 3. The summed E-state index contributed by atoms with van der Waals surface area (Å²) in [6, 6.07) is 0.675. The Labute approximate surface area is 118 Å². The molecule has 0 aliphatic carbocycles. The van der Waals surface area contributed by atoms with E-state index >= 15 is 0 Å². The number of nitrogens with one attached hydrogen (secondary N) is 2. The Balaban J connectivity index is 3.69. The molecule has 0 fully saturated rings. The molecule has 114 valence electrons. The molecular formula is C15H32N2O2. The highest BCUT2D eigenvalue weighted by molar-refractivity contribution is 5.67. The van der Waals surface area contributed by atoms with E-state index in [1.807, 2.05) is 27.7 Å². The van der Waals surface area contributed by atoms with Gasteiger partial charge in [-0.25, -0.2) is 4.79 Å². The molecule has 4 heteroatoms. The lowest BCUT2D eigenvalue weighted by molar-refractivity contribution is 0.0506. The summed E-state index contributed by atoms with van der Waals surface area (Å²) in [6.45, 7) is 12.9. The van der Waals surface area contributed by atoms with Gasteiger partial charge in [-0.3, -0.25) is 0 Å². The zero-order valence-corrected chi connectivity index (χ0v) is 13.5. The molecule has 0 aromatic carbocycles. The molecule has 0 rings (SSSR count). The number of unbranched alkanes of at least 4 members (excludes halogenated alkanes) is 1. The van der Waals surface area contributed by atoms with Gasteiger partial charge in [0.15, 0.2) is 0 Å². The molecule has 0 spiro atoms. The minimum Gasteiger partial charge on any atom is -0.444 e. The molecule has 0 aliphatic rings. The predicted molar refractivity (Wildman–Crippen MR) is 80.4 cm³/mol. The lowest BCUT2D eigenvalue weighted by atomic mass is 10.1. The van der Waals surface area contributed by atoms with Gasteiger partial charge >= 0.3 is 6.09 Å². The molecule has 0 aromatic rings. The summed E-state index contributed by atoms with van der Waals surface area (Å²) >= 11 is 0. The third-order valence-electron chi connectivity index (χ3n) is 2.82. The van der Waals surface area contributed by atoms with Crippen molar-refractivity contribution in [3.63, 3.8) is 0 Å². The Morgan fingerprint density at radius 1 is 1.16 bits per heavy atom. The largest absolute Gasteiger partial charge is 0.444 e. The standard InChI is InChI=1S/C15H32N2O2/c1-7-8-9-12(2)16-11-10-13(3)17-14(18)19-15(4,5)6/h12-13,16H,7-11H2,1-6H3,(H,17,18).